The summed E-state index contributed by atoms with van der Waals surface area (Å²) >= 11 is 0. The van der Waals surface area contributed by atoms with Crippen molar-refractivity contribution >= 4 is 11.8 Å². The van der Waals surface area contributed by atoms with Gasteiger partial charge in [-0.3, -0.25) is 9.59 Å². The molecule has 1 fully saturated rings. The molecule has 1 heterocycles. The Morgan fingerprint density at radius 3 is 2.28 bits per heavy atom. The number of hydrogen-bond acceptors (Lipinski definition) is 4. The highest BCUT2D eigenvalue weighted by molar-refractivity contribution is 5.97. The van der Waals surface area contributed by atoms with Crippen LogP contribution >= 0.6 is 0 Å². The summed E-state index contributed by atoms with van der Waals surface area (Å²) in [6.45, 7) is 4.72. The monoisotopic (exact) mass is 396 g/mol. The molecule has 6 heteroatoms. The molecule has 6 nitrogen and oxygen atoms in total. The molecule has 0 atom stereocenters. The second-order valence-corrected chi connectivity index (χ2v) is 7.14. The lowest BCUT2D eigenvalue weighted by Gasteiger charge is -2.35. The number of nitrogens with zero attached hydrogens (tertiary/aromatic N) is 2. The summed E-state index contributed by atoms with van der Waals surface area (Å²) in [5.41, 5.74) is 1.75. The van der Waals surface area contributed by atoms with Gasteiger partial charge in [-0.05, 0) is 37.6 Å². The van der Waals surface area contributed by atoms with Crippen LogP contribution in [0.3, 0.4) is 0 Å². The van der Waals surface area contributed by atoms with Gasteiger partial charge in [-0.2, -0.15) is 0 Å². The third kappa shape index (κ3) is 5.50. The maximum absolute atomic E-state index is 12.7. The van der Waals surface area contributed by atoms with E-state index in [4.69, 9.17) is 9.47 Å². The highest BCUT2D eigenvalue weighted by Gasteiger charge is 2.26. The lowest BCUT2D eigenvalue weighted by Crippen LogP contribution is -2.50. The van der Waals surface area contributed by atoms with Crippen LogP contribution in [0.25, 0.3) is 0 Å². The summed E-state index contributed by atoms with van der Waals surface area (Å²) in [4.78, 5) is 28.8. The quantitative estimate of drug-likeness (QED) is 0.675. The lowest BCUT2D eigenvalue weighted by molar-refractivity contribution is -0.132. The van der Waals surface area contributed by atoms with Gasteiger partial charge in [-0.25, -0.2) is 0 Å². The molecule has 0 unspecified atom stereocenters. The normalized spacial score (nSPS) is 13.9. The molecular formula is C23H28N2O4. The minimum absolute atomic E-state index is 0.0546. The van der Waals surface area contributed by atoms with Crippen molar-refractivity contribution in [1.82, 2.24) is 9.80 Å². The van der Waals surface area contributed by atoms with E-state index in [1.807, 2.05) is 48.2 Å². The van der Waals surface area contributed by atoms with Crippen LogP contribution in [0.2, 0.25) is 0 Å². The maximum atomic E-state index is 12.7. The summed E-state index contributed by atoms with van der Waals surface area (Å²) in [5.74, 6) is 1.46. The van der Waals surface area contributed by atoms with E-state index in [0.29, 0.717) is 56.9 Å². The molecule has 154 valence electrons. The Balaban J connectivity index is 1.41. The van der Waals surface area contributed by atoms with Crippen molar-refractivity contribution < 1.29 is 19.1 Å². The van der Waals surface area contributed by atoms with E-state index < -0.39 is 0 Å². The second kappa shape index (κ2) is 9.96. The van der Waals surface area contributed by atoms with Crippen molar-refractivity contribution in [2.24, 2.45) is 0 Å². The summed E-state index contributed by atoms with van der Waals surface area (Å²) in [5, 5.41) is 0. The fraction of sp³-hybridized carbons (Fsp3) is 0.391. The van der Waals surface area contributed by atoms with Crippen LogP contribution in [0, 0.1) is 6.92 Å². The molecule has 29 heavy (non-hydrogen) atoms. The van der Waals surface area contributed by atoms with Crippen LogP contribution < -0.4 is 9.47 Å². The first-order valence-corrected chi connectivity index (χ1v) is 9.98. The zero-order valence-electron chi connectivity index (χ0n) is 17.1. The minimum atomic E-state index is -0.0546. The summed E-state index contributed by atoms with van der Waals surface area (Å²) < 4.78 is 11.0. The predicted molar refractivity (Wildman–Crippen MR) is 111 cm³/mol. The van der Waals surface area contributed by atoms with Crippen molar-refractivity contribution in [1.29, 1.82) is 0 Å². The largest absolute Gasteiger partial charge is 0.496 e. The Morgan fingerprint density at radius 1 is 0.931 bits per heavy atom. The Labute approximate surface area is 172 Å². The smallest absolute Gasteiger partial charge is 0.257 e. The lowest BCUT2D eigenvalue weighted by atomic mass is 10.1. The number of ether oxygens (including phenoxy) is 2. The Bertz CT molecular complexity index is 827. The molecule has 0 aromatic heterocycles. The highest BCUT2D eigenvalue weighted by atomic mass is 16.5. The standard InChI is InChI=1S/C23H28N2O4/c1-18-9-11-19(12-10-18)29-17-5-8-22(26)24-13-15-25(16-14-24)23(27)20-6-3-4-7-21(20)28-2/h3-4,6-7,9-12H,5,8,13-17H2,1-2H3. The van der Waals surface area contributed by atoms with E-state index in [-0.39, 0.29) is 11.8 Å². The molecule has 0 spiro atoms. The number of carbonyl (C=O) groups is 2. The molecule has 3 rings (SSSR count). The molecule has 1 aliphatic heterocycles. The third-order valence-corrected chi connectivity index (χ3v) is 5.08. The Morgan fingerprint density at radius 2 is 1.59 bits per heavy atom. The zero-order chi connectivity index (χ0) is 20.6. The van der Waals surface area contributed by atoms with Gasteiger partial charge in [-0.15, -0.1) is 0 Å². The van der Waals surface area contributed by atoms with Crippen LogP contribution in [0.5, 0.6) is 11.5 Å². The molecule has 0 saturated carbocycles. The van der Waals surface area contributed by atoms with Crippen molar-refractivity contribution in [3.05, 3.63) is 59.7 Å². The molecule has 0 radical (unpaired) electrons. The van der Waals surface area contributed by atoms with Gasteiger partial charge >= 0.3 is 0 Å². The SMILES string of the molecule is COc1ccccc1C(=O)N1CCN(C(=O)CCCOc2ccc(C)cc2)CC1. The number of para-hydroxylation sites is 1. The van der Waals surface area contributed by atoms with Crippen molar-refractivity contribution in [2.75, 3.05) is 39.9 Å². The van der Waals surface area contributed by atoms with Gasteiger partial charge in [0.05, 0.1) is 19.3 Å². The molecule has 1 aliphatic rings. The fourth-order valence-electron chi connectivity index (χ4n) is 3.36. The molecule has 1 saturated heterocycles. The number of benzene rings is 2. The van der Waals surface area contributed by atoms with Gasteiger partial charge in [0.25, 0.3) is 5.91 Å². The first kappa shape index (κ1) is 20.7. The number of aryl methyl sites for hydroxylation is 1. The number of carbonyl (C=O) groups excluding carboxylic acids is 2. The van der Waals surface area contributed by atoms with Crippen molar-refractivity contribution in [2.45, 2.75) is 19.8 Å². The van der Waals surface area contributed by atoms with E-state index in [9.17, 15) is 9.59 Å². The van der Waals surface area contributed by atoms with E-state index in [0.717, 1.165) is 5.75 Å². The summed E-state index contributed by atoms with van der Waals surface area (Å²) in [7, 11) is 1.56. The van der Waals surface area contributed by atoms with Crippen LogP contribution in [-0.4, -0.2) is 61.5 Å². The topological polar surface area (TPSA) is 59.1 Å². The predicted octanol–water partition coefficient (Wildman–Crippen LogP) is 3.15. The average Bonchev–Trinajstić information content (AvgIpc) is 2.77. The number of methoxy groups -OCH3 is 1. The molecule has 2 aromatic carbocycles. The molecule has 2 aromatic rings. The van der Waals surface area contributed by atoms with Gasteiger partial charge < -0.3 is 19.3 Å². The average molecular weight is 396 g/mol. The number of piperazine rings is 1. The van der Waals surface area contributed by atoms with Gasteiger partial charge in [0.15, 0.2) is 0 Å². The third-order valence-electron chi connectivity index (χ3n) is 5.08. The number of amides is 2. The zero-order valence-corrected chi connectivity index (χ0v) is 17.1. The summed E-state index contributed by atoms with van der Waals surface area (Å²) in [6, 6.07) is 15.1. The molecule has 0 bridgehead atoms. The highest BCUT2D eigenvalue weighted by Crippen LogP contribution is 2.20. The van der Waals surface area contributed by atoms with Crippen LogP contribution in [0.15, 0.2) is 48.5 Å². The van der Waals surface area contributed by atoms with Gasteiger partial charge in [0, 0.05) is 32.6 Å². The first-order valence-electron chi connectivity index (χ1n) is 9.98. The molecule has 2 amide bonds. The van der Waals surface area contributed by atoms with Crippen LogP contribution in [0.4, 0.5) is 0 Å². The van der Waals surface area contributed by atoms with E-state index in [2.05, 4.69) is 0 Å². The van der Waals surface area contributed by atoms with Crippen molar-refractivity contribution in [3.8, 4) is 11.5 Å². The Hall–Kier alpha value is -3.02. The van der Waals surface area contributed by atoms with E-state index in [1.54, 1.807) is 24.1 Å². The van der Waals surface area contributed by atoms with E-state index in [1.165, 1.54) is 5.56 Å². The minimum Gasteiger partial charge on any atom is -0.496 e. The molecule has 0 aliphatic carbocycles. The van der Waals surface area contributed by atoms with Crippen molar-refractivity contribution in [3.63, 3.8) is 0 Å². The van der Waals surface area contributed by atoms with Gasteiger partial charge in [-0.1, -0.05) is 29.8 Å². The molecule has 0 N–H and O–H groups in total. The van der Waals surface area contributed by atoms with Crippen LogP contribution in [-0.2, 0) is 4.79 Å². The maximum Gasteiger partial charge on any atom is 0.257 e. The Kier molecular flexibility index (Phi) is 7.11. The summed E-state index contributed by atoms with van der Waals surface area (Å²) in [6.07, 6.45) is 1.12. The number of hydrogen-bond donors (Lipinski definition) is 0. The first-order chi connectivity index (χ1) is 14.1. The fourth-order valence-corrected chi connectivity index (χ4v) is 3.36. The van der Waals surface area contributed by atoms with Gasteiger partial charge in [0.2, 0.25) is 5.91 Å². The number of rotatable bonds is 7. The van der Waals surface area contributed by atoms with Crippen LogP contribution in [0.1, 0.15) is 28.8 Å². The van der Waals surface area contributed by atoms with Gasteiger partial charge in [0.1, 0.15) is 11.5 Å². The second-order valence-electron chi connectivity index (χ2n) is 7.14. The molecular weight excluding hydrogens is 368 g/mol. The van der Waals surface area contributed by atoms with E-state index >= 15 is 0 Å².